The number of benzene rings is 2. The fourth-order valence-electron chi connectivity index (χ4n) is 1.90. The van der Waals surface area contributed by atoms with Gasteiger partial charge in [0.2, 0.25) is 5.91 Å². The molecule has 0 radical (unpaired) electrons. The summed E-state index contributed by atoms with van der Waals surface area (Å²) in [6.45, 7) is 0.416. The van der Waals surface area contributed by atoms with Crippen molar-refractivity contribution in [3.8, 4) is 0 Å². The van der Waals surface area contributed by atoms with Gasteiger partial charge in [0.1, 0.15) is 11.6 Å². The van der Waals surface area contributed by atoms with Crippen molar-refractivity contribution >= 4 is 17.5 Å². The SMILES string of the molecule is O=C(Cc1ccc(Cl)cc1F)NCCc1ccc(F)cc1. The van der Waals surface area contributed by atoms with Crippen LogP contribution >= 0.6 is 11.6 Å². The van der Waals surface area contributed by atoms with Gasteiger partial charge in [0, 0.05) is 11.6 Å². The predicted molar refractivity (Wildman–Crippen MR) is 78.2 cm³/mol. The number of carbonyl (C=O) groups excluding carboxylic acids is 1. The van der Waals surface area contributed by atoms with Gasteiger partial charge in [-0.05, 0) is 41.8 Å². The van der Waals surface area contributed by atoms with Gasteiger partial charge in [-0.2, -0.15) is 0 Å². The summed E-state index contributed by atoms with van der Waals surface area (Å²) in [5.41, 5.74) is 1.23. The molecule has 0 spiro atoms. The highest BCUT2D eigenvalue weighted by atomic mass is 35.5. The average Bonchev–Trinajstić information content (AvgIpc) is 2.44. The van der Waals surface area contributed by atoms with Crippen LogP contribution in [0.25, 0.3) is 0 Å². The Labute approximate surface area is 126 Å². The molecular weight excluding hydrogens is 296 g/mol. The van der Waals surface area contributed by atoms with Gasteiger partial charge in [0.25, 0.3) is 0 Å². The third-order valence-electron chi connectivity index (χ3n) is 3.02. The number of carbonyl (C=O) groups is 1. The Bertz CT molecular complexity index is 629. The minimum Gasteiger partial charge on any atom is -0.355 e. The summed E-state index contributed by atoms with van der Waals surface area (Å²) in [6, 6.07) is 10.3. The van der Waals surface area contributed by atoms with Crippen LogP contribution in [-0.4, -0.2) is 12.5 Å². The first-order valence-electron chi connectivity index (χ1n) is 6.49. The van der Waals surface area contributed by atoms with Crippen LogP contribution < -0.4 is 5.32 Å². The van der Waals surface area contributed by atoms with E-state index < -0.39 is 5.82 Å². The smallest absolute Gasteiger partial charge is 0.224 e. The molecule has 1 amide bonds. The molecular formula is C16H14ClF2NO. The number of halogens is 3. The first-order chi connectivity index (χ1) is 10.0. The topological polar surface area (TPSA) is 29.1 Å². The second-order valence-electron chi connectivity index (χ2n) is 4.64. The van der Waals surface area contributed by atoms with Crippen molar-refractivity contribution in [1.29, 1.82) is 0 Å². The van der Waals surface area contributed by atoms with E-state index in [0.717, 1.165) is 5.56 Å². The van der Waals surface area contributed by atoms with Gasteiger partial charge >= 0.3 is 0 Å². The molecule has 2 nitrogen and oxygen atoms in total. The number of hydrogen-bond donors (Lipinski definition) is 1. The largest absolute Gasteiger partial charge is 0.355 e. The van der Waals surface area contributed by atoms with E-state index in [1.165, 1.54) is 24.3 Å². The van der Waals surface area contributed by atoms with Crippen molar-refractivity contribution in [3.63, 3.8) is 0 Å². The first kappa shape index (κ1) is 15.4. The van der Waals surface area contributed by atoms with Crippen LogP contribution in [0.4, 0.5) is 8.78 Å². The molecule has 5 heteroatoms. The zero-order valence-corrected chi connectivity index (χ0v) is 12.0. The molecule has 0 aliphatic heterocycles. The molecule has 0 unspecified atom stereocenters. The molecule has 0 saturated carbocycles. The maximum absolute atomic E-state index is 13.5. The Kier molecular flexibility index (Phi) is 5.28. The van der Waals surface area contributed by atoms with Gasteiger partial charge < -0.3 is 5.32 Å². The Hall–Kier alpha value is -1.94. The molecule has 0 aliphatic carbocycles. The maximum atomic E-state index is 13.5. The first-order valence-corrected chi connectivity index (χ1v) is 6.87. The highest BCUT2D eigenvalue weighted by Crippen LogP contribution is 2.15. The van der Waals surface area contributed by atoms with Gasteiger partial charge in [0.05, 0.1) is 6.42 Å². The van der Waals surface area contributed by atoms with Crippen LogP contribution in [0.3, 0.4) is 0 Å². The second kappa shape index (κ2) is 7.18. The normalized spacial score (nSPS) is 10.4. The maximum Gasteiger partial charge on any atom is 0.224 e. The zero-order valence-electron chi connectivity index (χ0n) is 11.2. The highest BCUT2D eigenvalue weighted by molar-refractivity contribution is 6.30. The van der Waals surface area contributed by atoms with E-state index in [1.807, 2.05) is 0 Å². The summed E-state index contributed by atoms with van der Waals surface area (Å²) in [6.07, 6.45) is 0.557. The van der Waals surface area contributed by atoms with Crippen LogP contribution in [-0.2, 0) is 17.6 Å². The molecule has 0 saturated heterocycles. The lowest BCUT2D eigenvalue weighted by molar-refractivity contribution is -0.120. The minimum absolute atomic E-state index is 0.0353. The fraction of sp³-hybridized carbons (Fsp3) is 0.188. The van der Waals surface area contributed by atoms with Gasteiger partial charge in [-0.1, -0.05) is 29.8 Å². The Morgan fingerprint density at radius 1 is 1.10 bits per heavy atom. The third kappa shape index (κ3) is 4.83. The molecule has 0 bridgehead atoms. The lowest BCUT2D eigenvalue weighted by Crippen LogP contribution is -2.27. The van der Waals surface area contributed by atoms with Crippen LogP contribution in [0.2, 0.25) is 5.02 Å². The summed E-state index contributed by atoms with van der Waals surface area (Å²) in [5.74, 6) is -1.05. The van der Waals surface area contributed by atoms with E-state index in [9.17, 15) is 13.6 Å². The van der Waals surface area contributed by atoms with Crippen molar-refractivity contribution in [1.82, 2.24) is 5.32 Å². The van der Waals surface area contributed by atoms with Crippen molar-refractivity contribution < 1.29 is 13.6 Å². The molecule has 2 aromatic rings. The van der Waals surface area contributed by atoms with Crippen LogP contribution in [0, 0.1) is 11.6 Å². The summed E-state index contributed by atoms with van der Waals surface area (Å²) < 4.78 is 26.3. The van der Waals surface area contributed by atoms with E-state index in [2.05, 4.69) is 5.32 Å². The number of rotatable bonds is 5. The molecule has 110 valence electrons. The lowest BCUT2D eigenvalue weighted by atomic mass is 10.1. The summed E-state index contributed by atoms with van der Waals surface area (Å²) in [5, 5.41) is 3.00. The zero-order chi connectivity index (χ0) is 15.2. The molecule has 1 N–H and O–H groups in total. The average molecular weight is 310 g/mol. The van der Waals surface area contributed by atoms with Crippen LogP contribution in [0.5, 0.6) is 0 Å². The highest BCUT2D eigenvalue weighted by Gasteiger charge is 2.08. The molecule has 2 aromatic carbocycles. The van der Waals surface area contributed by atoms with Gasteiger partial charge in [-0.3, -0.25) is 4.79 Å². The third-order valence-corrected chi connectivity index (χ3v) is 3.25. The van der Waals surface area contributed by atoms with Crippen molar-refractivity contribution in [2.24, 2.45) is 0 Å². The molecule has 0 heterocycles. The number of amides is 1. The molecule has 0 aliphatic rings. The number of hydrogen-bond acceptors (Lipinski definition) is 1. The van der Waals surface area contributed by atoms with Crippen LogP contribution in [0.15, 0.2) is 42.5 Å². The Morgan fingerprint density at radius 2 is 1.81 bits per heavy atom. The van der Waals surface area contributed by atoms with Crippen molar-refractivity contribution in [2.75, 3.05) is 6.54 Å². The summed E-state index contributed by atoms with van der Waals surface area (Å²) >= 11 is 5.65. The minimum atomic E-state index is -0.490. The van der Waals surface area contributed by atoms with Gasteiger partial charge in [0.15, 0.2) is 0 Å². The summed E-state index contributed by atoms with van der Waals surface area (Å²) in [7, 11) is 0. The fourth-order valence-corrected chi connectivity index (χ4v) is 2.06. The predicted octanol–water partition coefficient (Wildman–Crippen LogP) is 3.52. The van der Waals surface area contributed by atoms with E-state index in [4.69, 9.17) is 11.6 Å². The van der Waals surface area contributed by atoms with E-state index in [1.54, 1.807) is 18.2 Å². The van der Waals surface area contributed by atoms with Crippen LogP contribution in [0.1, 0.15) is 11.1 Å². The van der Waals surface area contributed by atoms with Crippen molar-refractivity contribution in [2.45, 2.75) is 12.8 Å². The van der Waals surface area contributed by atoms with E-state index >= 15 is 0 Å². The summed E-state index contributed by atoms with van der Waals surface area (Å²) in [4.78, 5) is 11.7. The van der Waals surface area contributed by atoms with Gasteiger partial charge in [-0.25, -0.2) is 8.78 Å². The Morgan fingerprint density at radius 3 is 2.48 bits per heavy atom. The quantitative estimate of drug-likeness (QED) is 0.899. The monoisotopic (exact) mass is 309 g/mol. The van der Waals surface area contributed by atoms with E-state index in [0.29, 0.717) is 23.6 Å². The molecule has 0 aromatic heterocycles. The molecule has 0 fully saturated rings. The Balaban J connectivity index is 1.81. The van der Waals surface area contributed by atoms with Gasteiger partial charge in [-0.15, -0.1) is 0 Å². The molecule has 0 atom stereocenters. The molecule has 2 rings (SSSR count). The van der Waals surface area contributed by atoms with Crippen molar-refractivity contribution in [3.05, 3.63) is 70.2 Å². The standard InChI is InChI=1S/C16H14ClF2NO/c17-13-4-3-12(15(19)10-13)9-16(21)20-8-7-11-1-5-14(18)6-2-11/h1-6,10H,7-9H2,(H,20,21). The lowest BCUT2D eigenvalue weighted by Gasteiger charge is -2.06. The molecule has 21 heavy (non-hydrogen) atoms. The van der Waals surface area contributed by atoms with E-state index in [-0.39, 0.29) is 18.1 Å². The number of nitrogens with one attached hydrogen (secondary N) is 1. The second-order valence-corrected chi connectivity index (χ2v) is 5.08.